The van der Waals surface area contributed by atoms with E-state index in [9.17, 15) is 9.59 Å². The average Bonchev–Trinajstić information content (AvgIpc) is 3.14. The molecule has 1 aliphatic carbocycles. The van der Waals surface area contributed by atoms with Crippen LogP contribution in [-0.4, -0.2) is 46.5 Å². The lowest BCUT2D eigenvalue weighted by atomic mass is 9.97. The van der Waals surface area contributed by atoms with Crippen molar-refractivity contribution < 1.29 is 4.79 Å². The van der Waals surface area contributed by atoms with Gasteiger partial charge in [-0.25, -0.2) is 4.98 Å². The van der Waals surface area contributed by atoms with Gasteiger partial charge in [-0.15, -0.1) is 11.3 Å². The third kappa shape index (κ3) is 3.36. The van der Waals surface area contributed by atoms with Gasteiger partial charge >= 0.3 is 0 Å². The van der Waals surface area contributed by atoms with E-state index in [2.05, 4.69) is 20.8 Å². The first kappa shape index (κ1) is 19.8. The second-order valence-corrected chi connectivity index (χ2v) is 9.96. The fourth-order valence-corrected chi connectivity index (χ4v) is 6.12. The molecular formula is C22H23BrN4O2S. The smallest absolute Gasteiger partial charge is 0.263 e. The van der Waals surface area contributed by atoms with Crippen LogP contribution in [-0.2, 0) is 19.9 Å². The highest BCUT2D eigenvalue weighted by Crippen LogP contribution is 2.34. The van der Waals surface area contributed by atoms with Crippen molar-refractivity contribution in [3.05, 3.63) is 55.1 Å². The zero-order valence-electron chi connectivity index (χ0n) is 16.9. The van der Waals surface area contributed by atoms with Gasteiger partial charge in [0.1, 0.15) is 4.83 Å². The number of aromatic nitrogens is 2. The highest BCUT2D eigenvalue weighted by Gasteiger charge is 2.27. The van der Waals surface area contributed by atoms with Gasteiger partial charge in [-0.05, 0) is 49.4 Å². The number of halogens is 1. The fourth-order valence-electron chi connectivity index (χ4n) is 4.47. The molecule has 3 heterocycles. The number of thiophene rings is 1. The average molecular weight is 487 g/mol. The number of fused-ring (bicyclic) bond motifs is 3. The van der Waals surface area contributed by atoms with Crippen LogP contribution in [0.2, 0.25) is 0 Å². The third-order valence-corrected chi connectivity index (χ3v) is 7.77. The van der Waals surface area contributed by atoms with Crippen molar-refractivity contribution >= 4 is 49.3 Å². The van der Waals surface area contributed by atoms with Gasteiger partial charge in [0.05, 0.1) is 5.39 Å². The molecule has 0 bridgehead atoms. The molecule has 0 N–H and O–H groups in total. The molecule has 1 saturated heterocycles. The monoisotopic (exact) mass is 486 g/mol. The predicted molar refractivity (Wildman–Crippen MR) is 124 cm³/mol. The number of nitrogens with zero attached hydrogens (tertiary/aromatic N) is 4. The first-order valence-corrected chi connectivity index (χ1v) is 11.9. The molecule has 0 radical (unpaired) electrons. The first-order valence-electron chi connectivity index (χ1n) is 10.3. The van der Waals surface area contributed by atoms with Crippen LogP contribution in [0, 0.1) is 0 Å². The van der Waals surface area contributed by atoms with Crippen molar-refractivity contribution in [1.82, 2.24) is 14.5 Å². The van der Waals surface area contributed by atoms with Crippen LogP contribution in [0.5, 0.6) is 0 Å². The van der Waals surface area contributed by atoms with Crippen LogP contribution in [0.1, 0.15) is 33.6 Å². The zero-order valence-corrected chi connectivity index (χ0v) is 19.3. The number of hydrogen-bond donors (Lipinski definition) is 0. The van der Waals surface area contributed by atoms with Gasteiger partial charge in [0, 0.05) is 48.1 Å². The Hall–Kier alpha value is -2.19. The summed E-state index contributed by atoms with van der Waals surface area (Å²) in [4.78, 5) is 37.1. The lowest BCUT2D eigenvalue weighted by Gasteiger charge is -2.35. The van der Waals surface area contributed by atoms with E-state index in [4.69, 9.17) is 4.98 Å². The SMILES string of the molecule is Cn1c(N2CCN(C(=O)c3cccc(Br)c3)CC2)nc2sc3c(c2c1=O)CCCC3. The Balaban J connectivity index is 1.39. The summed E-state index contributed by atoms with van der Waals surface area (Å²) in [5.74, 6) is 0.750. The van der Waals surface area contributed by atoms with Crippen molar-refractivity contribution in [1.29, 1.82) is 0 Å². The summed E-state index contributed by atoms with van der Waals surface area (Å²) in [6.45, 7) is 2.55. The Morgan fingerprint density at radius 1 is 1.13 bits per heavy atom. The normalized spacial score (nSPS) is 16.7. The van der Waals surface area contributed by atoms with Gasteiger partial charge in [0.15, 0.2) is 0 Å². The van der Waals surface area contributed by atoms with E-state index in [1.165, 1.54) is 16.9 Å². The van der Waals surface area contributed by atoms with Crippen molar-refractivity contribution in [3.63, 3.8) is 0 Å². The molecule has 5 rings (SSSR count). The van der Waals surface area contributed by atoms with Gasteiger partial charge in [-0.2, -0.15) is 0 Å². The Morgan fingerprint density at radius 2 is 1.90 bits per heavy atom. The zero-order chi connectivity index (χ0) is 20.8. The predicted octanol–water partition coefficient (Wildman–Crippen LogP) is 3.60. The Labute approximate surface area is 187 Å². The minimum absolute atomic E-state index is 0.0409. The molecule has 156 valence electrons. The molecule has 8 heteroatoms. The highest BCUT2D eigenvalue weighted by molar-refractivity contribution is 9.10. The summed E-state index contributed by atoms with van der Waals surface area (Å²) in [6.07, 6.45) is 4.39. The van der Waals surface area contributed by atoms with Gasteiger partial charge in [0.2, 0.25) is 5.95 Å². The number of piperazine rings is 1. The van der Waals surface area contributed by atoms with Crippen molar-refractivity contribution in [2.45, 2.75) is 25.7 Å². The fraction of sp³-hybridized carbons (Fsp3) is 0.409. The quantitative estimate of drug-likeness (QED) is 0.555. The number of rotatable bonds is 2. The lowest BCUT2D eigenvalue weighted by Crippen LogP contribution is -2.50. The van der Waals surface area contributed by atoms with Crippen LogP contribution < -0.4 is 10.5 Å². The molecule has 1 amide bonds. The van der Waals surface area contributed by atoms with E-state index >= 15 is 0 Å². The van der Waals surface area contributed by atoms with Crippen molar-refractivity contribution in [2.75, 3.05) is 31.1 Å². The summed E-state index contributed by atoms with van der Waals surface area (Å²) in [5, 5.41) is 0.824. The van der Waals surface area contributed by atoms with Crippen molar-refractivity contribution in [3.8, 4) is 0 Å². The molecule has 3 aromatic rings. The standard InChI is InChI=1S/C22H23BrN4O2S/c1-25-21(29)18-16-7-2-3-8-17(16)30-19(18)24-22(25)27-11-9-26(10-12-27)20(28)14-5-4-6-15(23)13-14/h4-6,13H,2-3,7-12H2,1H3. The van der Waals surface area contributed by atoms with Crippen LogP contribution in [0.15, 0.2) is 33.5 Å². The van der Waals surface area contributed by atoms with Crippen LogP contribution >= 0.6 is 27.3 Å². The van der Waals surface area contributed by atoms with Crippen molar-refractivity contribution in [2.24, 2.45) is 7.05 Å². The molecule has 1 aromatic carbocycles. The molecule has 2 aliphatic rings. The van der Waals surface area contributed by atoms with Gasteiger partial charge in [-0.1, -0.05) is 22.0 Å². The second kappa shape index (κ2) is 7.81. The molecule has 6 nitrogen and oxygen atoms in total. The Bertz CT molecular complexity index is 1190. The number of aryl methyl sites for hydroxylation is 2. The highest BCUT2D eigenvalue weighted by atomic mass is 79.9. The lowest BCUT2D eigenvalue weighted by molar-refractivity contribution is 0.0746. The number of carbonyl (C=O) groups excluding carboxylic acids is 1. The van der Waals surface area contributed by atoms with Crippen LogP contribution in [0.25, 0.3) is 10.2 Å². The Morgan fingerprint density at radius 3 is 2.67 bits per heavy atom. The van der Waals surface area contributed by atoms with E-state index < -0.39 is 0 Å². The summed E-state index contributed by atoms with van der Waals surface area (Å²) in [6, 6.07) is 7.49. The molecular weight excluding hydrogens is 464 g/mol. The van der Waals surface area contributed by atoms with E-state index in [0.29, 0.717) is 37.7 Å². The third-order valence-electron chi connectivity index (χ3n) is 6.09. The summed E-state index contributed by atoms with van der Waals surface area (Å²) in [7, 11) is 1.82. The number of benzene rings is 1. The summed E-state index contributed by atoms with van der Waals surface area (Å²) in [5.41, 5.74) is 1.97. The minimum Gasteiger partial charge on any atom is -0.339 e. The van der Waals surface area contributed by atoms with Gasteiger partial charge in [-0.3, -0.25) is 14.2 Å². The molecule has 0 unspecified atom stereocenters. The molecule has 1 fully saturated rings. The summed E-state index contributed by atoms with van der Waals surface area (Å²) < 4.78 is 2.59. The maximum absolute atomic E-state index is 13.1. The Kier molecular flexibility index (Phi) is 5.14. The molecule has 1 aliphatic heterocycles. The number of hydrogen-bond acceptors (Lipinski definition) is 5. The topological polar surface area (TPSA) is 58.4 Å². The van der Waals surface area contributed by atoms with Gasteiger partial charge < -0.3 is 9.80 Å². The number of anilines is 1. The van der Waals surface area contributed by atoms with Gasteiger partial charge in [0.25, 0.3) is 11.5 Å². The largest absolute Gasteiger partial charge is 0.339 e. The van der Waals surface area contributed by atoms with Crippen LogP contribution in [0.4, 0.5) is 5.95 Å². The maximum Gasteiger partial charge on any atom is 0.263 e. The van der Waals surface area contributed by atoms with E-state index in [1.807, 2.05) is 36.2 Å². The molecule has 0 saturated carbocycles. The first-order chi connectivity index (χ1) is 14.5. The molecule has 30 heavy (non-hydrogen) atoms. The van der Waals surface area contributed by atoms with Crippen LogP contribution in [0.3, 0.4) is 0 Å². The number of carbonyl (C=O) groups is 1. The molecule has 0 spiro atoms. The molecule has 0 atom stereocenters. The van der Waals surface area contributed by atoms with E-state index in [1.54, 1.807) is 15.9 Å². The van der Waals surface area contributed by atoms with E-state index in [0.717, 1.165) is 34.0 Å². The molecule has 2 aromatic heterocycles. The second-order valence-electron chi connectivity index (χ2n) is 7.96. The maximum atomic E-state index is 13.1. The minimum atomic E-state index is 0.0409. The summed E-state index contributed by atoms with van der Waals surface area (Å²) >= 11 is 5.12. The van der Waals surface area contributed by atoms with E-state index in [-0.39, 0.29) is 11.5 Å². The number of amides is 1.